The third-order valence-corrected chi connectivity index (χ3v) is 5.86. The van der Waals surface area contributed by atoms with Gasteiger partial charge in [-0.1, -0.05) is 0 Å². The maximum Gasteiger partial charge on any atom is 0.259 e. The molecule has 7 nitrogen and oxygen atoms in total. The van der Waals surface area contributed by atoms with Crippen LogP contribution in [-0.4, -0.2) is 31.9 Å². The number of hydrogen-bond donors (Lipinski definition) is 2. The van der Waals surface area contributed by atoms with Gasteiger partial charge >= 0.3 is 0 Å². The van der Waals surface area contributed by atoms with E-state index in [0.29, 0.717) is 54.0 Å². The summed E-state index contributed by atoms with van der Waals surface area (Å²) in [5, 5.41) is 26.5. The zero-order valence-electron chi connectivity index (χ0n) is 17.0. The van der Waals surface area contributed by atoms with Gasteiger partial charge in [-0.15, -0.1) is 0 Å². The van der Waals surface area contributed by atoms with Gasteiger partial charge in [0, 0.05) is 0 Å². The Balaban J connectivity index is 1.49. The Kier molecular flexibility index (Phi) is 5.53. The number of pyridine rings is 1. The van der Waals surface area contributed by atoms with Crippen molar-refractivity contribution in [2.45, 2.75) is 44.1 Å². The third-order valence-electron chi connectivity index (χ3n) is 5.86. The quantitative estimate of drug-likeness (QED) is 0.672. The molecule has 0 unspecified atom stereocenters. The number of carbonyl (C=O) groups is 1. The number of nitrogens with zero attached hydrogens (tertiary/aromatic N) is 4. The lowest BCUT2D eigenvalue weighted by molar-refractivity contribution is 0.102. The Morgan fingerprint density at radius 3 is 2.55 bits per heavy atom. The van der Waals surface area contributed by atoms with Crippen LogP contribution >= 0.6 is 0 Å². The molecule has 4 rings (SSSR count). The molecule has 0 spiro atoms. The summed E-state index contributed by atoms with van der Waals surface area (Å²) in [6.45, 7) is 1.76. The summed E-state index contributed by atoms with van der Waals surface area (Å²) in [5.41, 5.74) is 2.13. The molecule has 0 saturated heterocycles. The van der Waals surface area contributed by atoms with E-state index in [4.69, 9.17) is 0 Å². The van der Waals surface area contributed by atoms with Crippen molar-refractivity contribution in [1.29, 1.82) is 5.26 Å². The number of rotatable bonds is 4. The van der Waals surface area contributed by atoms with Crippen molar-refractivity contribution < 1.29 is 14.3 Å². The van der Waals surface area contributed by atoms with Crippen molar-refractivity contribution in [1.82, 2.24) is 14.8 Å². The van der Waals surface area contributed by atoms with E-state index in [-0.39, 0.29) is 17.8 Å². The number of carbonyl (C=O) groups excluding carboxylic acids is 1. The van der Waals surface area contributed by atoms with Gasteiger partial charge in [0.2, 0.25) is 0 Å². The van der Waals surface area contributed by atoms with Gasteiger partial charge in [-0.05, 0) is 69.0 Å². The second-order valence-electron chi connectivity index (χ2n) is 7.84. The van der Waals surface area contributed by atoms with Gasteiger partial charge in [0.25, 0.3) is 5.91 Å². The minimum absolute atomic E-state index is 0.337. The van der Waals surface area contributed by atoms with Gasteiger partial charge in [0.15, 0.2) is 0 Å². The van der Waals surface area contributed by atoms with E-state index in [1.165, 1.54) is 24.5 Å². The van der Waals surface area contributed by atoms with E-state index in [9.17, 15) is 19.6 Å². The number of aromatic nitrogens is 3. The van der Waals surface area contributed by atoms with Gasteiger partial charge in [-0.2, -0.15) is 10.4 Å². The molecule has 3 aromatic rings. The zero-order chi connectivity index (χ0) is 22.0. The van der Waals surface area contributed by atoms with Crippen molar-refractivity contribution in [3.63, 3.8) is 0 Å². The van der Waals surface area contributed by atoms with Crippen LogP contribution in [0.1, 0.15) is 47.4 Å². The molecule has 1 amide bonds. The number of halogens is 1. The van der Waals surface area contributed by atoms with Crippen LogP contribution < -0.4 is 5.32 Å². The molecule has 0 bridgehead atoms. The molecule has 1 saturated carbocycles. The van der Waals surface area contributed by atoms with Crippen LogP contribution in [0.5, 0.6) is 0 Å². The van der Waals surface area contributed by atoms with Crippen LogP contribution in [0.4, 0.5) is 10.1 Å². The van der Waals surface area contributed by atoms with E-state index in [0.717, 1.165) is 0 Å². The first-order chi connectivity index (χ1) is 14.9. The summed E-state index contributed by atoms with van der Waals surface area (Å²) in [6, 6.07) is 11.7. The van der Waals surface area contributed by atoms with Gasteiger partial charge in [0.05, 0.1) is 58.3 Å². The van der Waals surface area contributed by atoms with Crippen molar-refractivity contribution >= 4 is 11.6 Å². The molecule has 0 atom stereocenters. The van der Waals surface area contributed by atoms with Gasteiger partial charge in [0.1, 0.15) is 5.82 Å². The number of nitriles is 1. The summed E-state index contributed by atoms with van der Waals surface area (Å²) in [4.78, 5) is 17.2. The van der Waals surface area contributed by atoms with E-state index < -0.39 is 5.41 Å². The second kappa shape index (κ2) is 8.28. The topological polar surface area (TPSA) is 104 Å². The average molecular weight is 419 g/mol. The summed E-state index contributed by atoms with van der Waals surface area (Å²) in [5.74, 6) is -0.679. The zero-order valence-corrected chi connectivity index (χ0v) is 17.0. The van der Waals surface area contributed by atoms with Crippen LogP contribution in [0.15, 0.2) is 48.8 Å². The van der Waals surface area contributed by atoms with E-state index in [1.807, 2.05) is 0 Å². The molecule has 8 heteroatoms. The van der Waals surface area contributed by atoms with Gasteiger partial charge in [-0.3, -0.25) is 9.78 Å². The predicted molar refractivity (Wildman–Crippen MR) is 112 cm³/mol. The molecule has 2 N–H and O–H groups in total. The number of aliphatic hydroxyl groups excluding tert-OH is 1. The first-order valence-electron chi connectivity index (χ1n) is 10.1. The number of aliphatic hydroxyl groups is 1. The number of hydrogen-bond acceptors (Lipinski definition) is 5. The molecular weight excluding hydrogens is 397 g/mol. The number of amides is 1. The van der Waals surface area contributed by atoms with Crippen LogP contribution in [0.3, 0.4) is 0 Å². The molecule has 1 aliphatic carbocycles. The maximum atomic E-state index is 13.2. The Labute approximate surface area is 179 Å². The second-order valence-corrected chi connectivity index (χ2v) is 7.84. The van der Waals surface area contributed by atoms with Crippen LogP contribution in [0.2, 0.25) is 0 Å². The largest absolute Gasteiger partial charge is 0.393 e. The minimum atomic E-state index is -0.700. The average Bonchev–Trinajstić information content (AvgIpc) is 3.17. The SMILES string of the molecule is Cc1c(C(=O)Nc2ccc(C3(C#N)CCC(O)CC3)nc2)cnn1-c1ccc(F)cc1. The van der Waals surface area contributed by atoms with E-state index >= 15 is 0 Å². The van der Waals surface area contributed by atoms with Crippen molar-refractivity contribution in [2.75, 3.05) is 5.32 Å². The first-order valence-corrected chi connectivity index (χ1v) is 10.1. The monoisotopic (exact) mass is 419 g/mol. The maximum absolute atomic E-state index is 13.2. The molecule has 1 aromatic carbocycles. The standard InChI is InChI=1S/C23H22FN5O2/c1-15-20(13-27-29(15)18-5-2-16(24)3-6-18)22(31)28-17-4-7-21(26-12-17)23(14-25)10-8-19(30)9-11-23/h2-7,12-13,19,30H,8-11H2,1H3,(H,28,31). The molecule has 158 valence electrons. The highest BCUT2D eigenvalue weighted by atomic mass is 19.1. The smallest absolute Gasteiger partial charge is 0.259 e. The highest BCUT2D eigenvalue weighted by Crippen LogP contribution is 2.38. The Morgan fingerprint density at radius 2 is 1.94 bits per heavy atom. The third kappa shape index (κ3) is 4.05. The lowest BCUT2D eigenvalue weighted by Gasteiger charge is -2.32. The number of benzene rings is 1. The molecule has 2 heterocycles. The molecule has 1 fully saturated rings. The van der Waals surface area contributed by atoms with Gasteiger partial charge in [-0.25, -0.2) is 9.07 Å². The fourth-order valence-electron chi connectivity index (χ4n) is 3.95. The fraction of sp³-hybridized carbons (Fsp3) is 0.304. The number of anilines is 1. The summed E-state index contributed by atoms with van der Waals surface area (Å²) < 4.78 is 14.7. The summed E-state index contributed by atoms with van der Waals surface area (Å²) in [6.07, 6.45) is 4.91. The first kappa shape index (κ1) is 20.7. The van der Waals surface area contributed by atoms with Crippen molar-refractivity contribution in [3.05, 3.63) is 71.6 Å². The molecule has 0 radical (unpaired) electrons. The summed E-state index contributed by atoms with van der Waals surface area (Å²) >= 11 is 0. The van der Waals surface area contributed by atoms with Gasteiger partial charge < -0.3 is 10.4 Å². The Hall–Kier alpha value is -3.57. The predicted octanol–water partition coefficient (Wildman–Crippen LogP) is 3.66. The summed E-state index contributed by atoms with van der Waals surface area (Å²) in [7, 11) is 0. The molecule has 1 aliphatic rings. The highest BCUT2D eigenvalue weighted by Gasteiger charge is 2.37. The van der Waals surface area contributed by atoms with Crippen LogP contribution in [0, 0.1) is 24.1 Å². The van der Waals surface area contributed by atoms with E-state index in [1.54, 1.807) is 35.9 Å². The van der Waals surface area contributed by atoms with Crippen molar-refractivity contribution in [2.24, 2.45) is 0 Å². The fourth-order valence-corrected chi connectivity index (χ4v) is 3.95. The Morgan fingerprint density at radius 1 is 1.23 bits per heavy atom. The molecule has 0 aliphatic heterocycles. The minimum Gasteiger partial charge on any atom is -0.393 e. The van der Waals surface area contributed by atoms with Crippen LogP contribution in [0.25, 0.3) is 5.69 Å². The molecule has 31 heavy (non-hydrogen) atoms. The van der Waals surface area contributed by atoms with Crippen molar-refractivity contribution in [3.8, 4) is 11.8 Å². The van der Waals surface area contributed by atoms with E-state index in [2.05, 4.69) is 21.5 Å². The Bertz CT molecular complexity index is 1120. The highest BCUT2D eigenvalue weighted by molar-refractivity contribution is 6.04. The molecule has 2 aromatic heterocycles. The number of nitrogens with one attached hydrogen (secondary N) is 1. The lowest BCUT2D eigenvalue weighted by Crippen LogP contribution is -2.33. The van der Waals surface area contributed by atoms with Crippen LogP contribution in [-0.2, 0) is 5.41 Å². The lowest BCUT2D eigenvalue weighted by atomic mass is 9.72. The normalized spacial score (nSPS) is 20.8. The molecular formula is C23H22FN5O2.